The maximum atomic E-state index is 10.7. The first kappa shape index (κ1) is 12.4. The SMILES string of the molecule is COC(=O)C=CCNc1cc(Cl)ccc1O. The number of esters is 1. The summed E-state index contributed by atoms with van der Waals surface area (Å²) in [5, 5.41) is 12.9. The van der Waals surface area contributed by atoms with E-state index in [0.29, 0.717) is 17.3 Å². The molecule has 16 heavy (non-hydrogen) atoms. The lowest BCUT2D eigenvalue weighted by Gasteiger charge is -2.05. The zero-order valence-electron chi connectivity index (χ0n) is 8.74. The van der Waals surface area contributed by atoms with Crippen LogP contribution in [-0.2, 0) is 9.53 Å². The molecule has 5 heteroatoms. The summed E-state index contributed by atoms with van der Waals surface area (Å²) >= 11 is 5.76. The van der Waals surface area contributed by atoms with E-state index in [0.717, 1.165) is 0 Å². The Morgan fingerprint density at radius 2 is 2.38 bits per heavy atom. The highest BCUT2D eigenvalue weighted by atomic mass is 35.5. The van der Waals surface area contributed by atoms with E-state index in [9.17, 15) is 9.90 Å². The van der Waals surface area contributed by atoms with E-state index in [1.807, 2.05) is 0 Å². The maximum absolute atomic E-state index is 10.7. The van der Waals surface area contributed by atoms with E-state index in [1.165, 1.54) is 19.3 Å². The standard InChI is InChI=1S/C11H12ClNO3/c1-16-11(15)3-2-6-13-9-7-8(12)4-5-10(9)14/h2-5,7,13-14H,6H2,1H3. The van der Waals surface area contributed by atoms with Gasteiger partial charge < -0.3 is 15.2 Å². The number of phenols is 1. The number of hydrogen-bond acceptors (Lipinski definition) is 4. The van der Waals surface area contributed by atoms with Gasteiger partial charge in [0.1, 0.15) is 5.75 Å². The second-order valence-corrected chi connectivity index (χ2v) is 3.40. The van der Waals surface area contributed by atoms with Gasteiger partial charge >= 0.3 is 5.97 Å². The van der Waals surface area contributed by atoms with Crippen molar-refractivity contribution < 1.29 is 14.6 Å². The monoisotopic (exact) mass is 241 g/mol. The minimum Gasteiger partial charge on any atom is -0.506 e. The Bertz CT molecular complexity index is 404. The van der Waals surface area contributed by atoms with Crippen molar-refractivity contribution in [1.82, 2.24) is 0 Å². The van der Waals surface area contributed by atoms with Gasteiger partial charge in [-0.15, -0.1) is 0 Å². The van der Waals surface area contributed by atoms with Gasteiger partial charge in [0.2, 0.25) is 0 Å². The lowest BCUT2D eigenvalue weighted by Crippen LogP contribution is -2.00. The predicted molar refractivity (Wildman–Crippen MR) is 62.8 cm³/mol. The molecule has 0 saturated heterocycles. The van der Waals surface area contributed by atoms with Gasteiger partial charge in [-0.25, -0.2) is 4.79 Å². The summed E-state index contributed by atoms with van der Waals surface area (Å²) in [6.45, 7) is 0.392. The number of carbonyl (C=O) groups excluding carboxylic acids is 1. The van der Waals surface area contributed by atoms with Crippen LogP contribution in [0.1, 0.15) is 0 Å². The molecule has 0 aliphatic carbocycles. The van der Waals surface area contributed by atoms with Gasteiger partial charge in [-0.1, -0.05) is 17.7 Å². The van der Waals surface area contributed by atoms with Crippen molar-refractivity contribution in [3.8, 4) is 5.75 Å². The predicted octanol–water partition coefficient (Wildman–Crippen LogP) is 2.19. The van der Waals surface area contributed by atoms with Crippen LogP contribution >= 0.6 is 11.6 Å². The van der Waals surface area contributed by atoms with Crippen molar-refractivity contribution in [1.29, 1.82) is 0 Å². The quantitative estimate of drug-likeness (QED) is 0.482. The molecule has 1 aromatic carbocycles. The number of hydrogen-bond donors (Lipinski definition) is 2. The van der Waals surface area contributed by atoms with Gasteiger partial charge in [0.05, 0.1) is 12.8 Å². The summed E-state index contributed by atoms with van der Waals surface area (Å²) in [5.74, 6) is -0.312. The van der Waals surface area contributed by atoms with E-state index in [4.69, 9.17) is 11.6 Å². The van der Waals surface area contributed by atoms with Gasteiger partial charge in [-0.05, 0) is 18.2 Å². The van der Waals surface area contributed by atoms with Crippen LogP contribution in [0.4, 0.5) is 5.69 Å². The minimum absolute atomic E-state index is 0.107. The van der Waals surface area contributed by atoms with Crippen molar-refractivity contribution in [3.05, 3.63) is 35.4 Å². The second-order valence-electron chi connectivity index (χ2n) is 2.97. The smallest absolute Gasteiger partial charge is 0.330 e. The highest BCUT2D eigenvalue weighted by Gasteiger charge is 1.99. The topological polar surface area (TPSA) is 58.6 Å². The molecule has 0 aromatic heterocycles. The molecule has 86 valence electrons. The molecule has 0 heterocycles. The Morgan fingerprint density at radius 1 is 1.62 bits per heavy atom. The minimum atomic E-state index is -0.419. The van der Waals surface area contributed by atoms with E-state index >= 15 is 0 Å². The Hall–Kier alpha value is -1.68. The fourth-order valence-corrected chi connectivity index (χ4v) is 1.21. The fourth-order valence-electron chi connectivity index (χ4n) is 1.04. The van der Waals surface area contributed by atoms with Crippen molar-refractivity contribution in [2.24, 2.45) is 0 Å². The van der Waals surface area contributed by atoms with Crippen molar-refractivity contribution in [2.45, 2.75) is 0 Å². The van der Waals surface area contributed by atoms with Crippen LogP contribution in [0, 0.1) is 0 Å². The molecule has 0 aliphatic heterocycles. The Kier molecular flexibility index (Phi) is 4.66. The Balaban J connectivity index is 2.51. The number of rotatable bonds is 4. The van der Waals surface area contributed by atoms with Gasteiger partial charge in [-0.2, -0.15) is 0 Å². The first-order valence-corrected chi connectivity index (χ1v) is 4.98. The Labute approximate surface area is 98.5 Å². The van der Waals surface area contributed by atoms with Crippen LogP contribution in [0.2, 0.25) is 5.02 Å². The highest BCUT2D eigenvalue weighted by Crippen LogP contribution is 2.26. The average Bonchev–Trinajstić information content (AvgIpc) is 2.28. The summed E-state index contributed by atoms with van der Waals surface area (Å²) in [7, 11) is 1.31. The summed E-state index contributed by atoms with van der Waals surface area (Å²) in [5.41, 5.74) is 0.516. The lowest BCUT2D eigenvalue weighted by molar-refractivity contribution is -0.134. The molecule has 2 N–H and O–H groups in total. The highest BCUT2D eigenvalue weighted by molar-refractivity contribution is 6.30. The average molecular weight is 242 g/mol. The Morgan fingerprint density at radius 3 is 3.06 bits per heavy atom. The van der Waals surface area contributed by atoms with Gasteiger partial charge in [0.15, 0.2) is 0 Å². The largest absolute Gasteiger partial charge is 0.506 e. The molecule has 0 atom stereocenters. The molecule has 0 amide bonds. The molecule has 0 fully saturated rings. The maximum Gasteiger partial charge on any atom is 0.330 e. The summed E-state index contributed by atoms with van der Waals surface area (Å²) in [6.07, 6.45) is 2.89. The van der Waals surface area contributed by atoms with Crippen LogP contribution in [0.15, 0.2) is 30.4 Å². The second kappa shape index (κ2) is 6.02. The number of halogens is 1. The number of methoxy groups -OCH3 is 1. The summed E-state index contributed by atoms with van der Waals surface area (Å²) in [4.78, 5) is 10.7. The first-order chi connectivity index (χ1) is 7.63. The molecule has 1 rings (SSSR count). The molecule has 0 unspecified atom stereocenters. The molecule has 0 bridgehead atoms. The lowest BCUT2D eigenvalue weighted by atomic mass is 10.3. The van der Waals surface area contributed by atoms with Crippen LogP contribution in [-0.4, -0.2) is 24.7 Å². The zero-order chi connectivity index (χ0) is 12.0. The molecular weight excluding hydrogens is 230 g/mol. The summed E-state index contributed by atoms with van der Waals surface area (Å²) < 4.78 is 4.42. The van der Waals surface area contributed by atoms with Crippen LogP contribution in [0.3, 0.4) is 0 Å². The van der Waals surface area contributed by atoms with Crippen molar-refractivity contribution >= 4 is 23.3 Å². The van der Waals surface area contributed by atoms with Crippen LogP contribution in [0.25, 0.3) is 0 Å². The number of anilines is 1. The van der Waals surface area contributed by atoms with Crippen molar-refractivity contribution in [2.75, 3.05) is 19.0 Å². The van der Waals surface area contributed by atoms with Crippen LogP contribution in [0.5, 0.6) is 5.75 Å². The van der Waals surface area contributed by atoms with Crippen molar-refractivity contribution in [3.63, 3.8) is 0 Å². The van der Waals surface area contributed by atoms with E-state index in [2.05, 4.69) is 10.1 Å². The summed E-state index contributed by atoms with van der Waals surface area (Å²) in [6, 6.07) is 4.68. The van der Waals surface area contributed by atoms with E-state index in [-0.39, 0.29) is 5.75 Å². The van der Waals surface area contributed by atoms with Gasteiger partial charge in [0.25, 0.3) is 0 Å². The molecule has 0 spiro atoms. The van der Waals surface area contributed by atoms with E-state index in [1.54, 1.807) is 18.2 Å². The third kappa shape index (κ3) is 3.82. The number of nitrogens with one attached hydrogen (secondary N) is 1. The number of benzene rings is 1. The molecule has 0 aliphatic rings. The molecule has 0 radical (unpaired) electrons. The number of aromatic hydroxyl groups is 1. The molecule has 1 aromatic rings. The van der Waals surface area contributed by atoms with E-state index < -0.39 is 5.97 Å². The molecule has 4 nitrogen and oxygen atoms in total. The third-order valence-corrected chi connectivity index (χ3v) is 2.06. The van der Waals surface area contributed by atoms with Gasteiger partial charge in [0, 0.05) is 17.6 Å². The molecular formula is C11H12ClNO3. The number of carbonyl (C=O) groups is 1. The van der Waals surface area contributed by atoms with Gasteiger partial charge in [-0.3, -0.25) is 0 Å². The number of phenolic OH excluding ortho intramolecular Hbond substituents is 1. The number of ether oxygens (including phenoxy) is 1. The normalized spacial score (nSPS) is 10.4. The fraction of sp³-hybridized carbons (Fsp3) is 0.182. The zero-order valence-corrected chi connectivity index (χ0v) is 9.49. The third-order valence-electron chi connectivity index (χ3n) is 1.82. The molecule has 0 saturated carbocycles. The van der Waals surface area contributed by atoms with Crippen LogP contribution < -0.4 is 5.32 Å². The first-order valence-electron chi connectivity index (χ1n) is 4.60.